The average molecular weight is 377 g/mol. The summed E-state index contributed by atoms with van der Waals surface area (Å²) in [4.78, 5) is 12.7. The summed E-state index contributed by atoms with van der Waals surface area (Å²) in [5.41, 5.74) is 1.50. The average Bonchev–Trinajstić information content (AvgIpc) is 2.95. The molecule has 26 heavy (non-hydrogen) atoms. The van der Waals surface area contributed by atoms with Crippen molar-refractivity contribution < 1.29 is 8.42 Å². The summed E-state index contributed by atoms with van der Waals surface area (Å²) in [5.74, 6) is 0.523. The van der Waals surface area contributed by atoms with Gasteiger partial charge in [0.1, 0.15) is 4.90 Å². The Morgan fingerprint density at radius 2 is 2.15 bits per heavy atom. The molecule has 4 rings (SSSR count). The first-order valence-electron chi connectivity index (χ1n) is 8.79. The Bertz CT molecular complexity index is 994. The van der Waals surface area contributed by atoms with Crippen LogP contribution in [0.2, 0.25) is 0 Å². The van der Waals surface area contributed by atoms with E-state index in [1.807, 2.05) is 6.07 Å². The number of aromatic nitrogens is 3. The Kier molecular flexibility index (Phi) is 4.25. The molecule has 0 unspecified atom stereocenters. The number of hydrogen-bond acceptors (Lipinski definition) is 5. The van der Waals surface area contributed by atoms with E-state index in [0.717, 1.165) is 25.2 Å². The number of rotatable bonds is 4. The van der Waals surface area contributed by atoms with Crippen molar-refractivity contribution in [3.05, 3.63) is 46.1 Å². The molecule has 4 heterocycles. The summed E-state index contributed by atoms with van der Waals surface area (Å²) in [7, 11) is -1.97. The molecule has 3 atom stereocenters. The van der Waals surface area contributed by atoms with Crippen LogP contribution in [0.4, 0.5) is 0 Å². The Morgan fingerprint density at radius 1 is 1.35 bits per heavy atom. The molecular formula is C17H23N5O3S. The SMILES string of the molecule is Cc1c(S(=O)(=O)NC[C@H]2[C@@H]3CNC[C@@H](C3)c3cccc(=O)n32)cnn1C. The van der Waals surface area contributed by atoms with Gasteiger partial charge in [-0.15, -0.1) is 0 Å². The van der Waals surface area contributed by atoms with Gasteiger partial charge >= 0.3 is 0 Å². The number of aryl methyl sites for hydroxylation is 1. The maximum absolute atomic E-state index is 12.7. The van der Waals surface area contributed by atoms with Crippen molar-refractivity contribution in [2.24, 2.45) is 13.0 Å². The van der Waals surface area contributed by atoms with E-state index in [9.17, 15) is 13.2 Å². The third-order valence-corrected chi connectivity index (χ3v) is 7.19. The normalized spacial score (nSPS) is 25.1. The van der Waals surface area contributed by atoms with Crippen LogP contribution in [-0.4, -0.2) is 42.4 Å². The van der Waals surface area contributed by atoms with Gasteiger partial charge in [0.25, 0.3) is 5.56 Å². The van der Waals surface area contributed by atoms with Crippen LogP contribution in [-0.2, 0) is 17.1 Å². The maximum Gasteiger partial charge on any atom is 0.251 e. The number of nitrogens with one attached hydrogen (secondary N) is 2. The van der Waals surface area contributed by atoms with Gasteiger partial charge in [-0.1, -0.05) is 6.07 Å². The summed E-state index contributed by atoms with van der Waals surface area (Å²) >= 11 is 0. The Balaban J connectivity index is 1.65. The molecule has 8 nitrogen and oxygen atoms in total. The van der Waals surface area contributed by atoms with Crippen LogP contribution in [0.5, 0.6) is 0 Å². The number of piperidine rings is 1. The summed E-state index contributed by atoms with van der Waals surface area (Å²) in [6, 6.07) is 5.10. The molecule has 0 aromatic carbocycles. The van der Waals surface area contributed by atoms with Crippen molar-refractivity contribution in [1.82, 2.24) is 24.4 Å². The monoisotopic (exact) mass is 377 g/mol. The van der Waals surface area contributed by atoms with Gasteiger partial charge in [-0.3, -0.25) is 9.48 Å². The highest BCUT2D eigenvalue weighted by atomic mass is 32.2. The zero-order valence-corrected chi connectivity index (χ0v) is 15.7. The first-order chi connectivity index (χ1) is 12.4. The molecule has 140 valence electrons. The standard InChI is InChI=1S/C17H23N5O3S/c1-11-16(10-19-21(11)2)26(24,25)20-9-15-13-6-12(7-18-8-13)14-4-3-5-17(23)22(14)15/h3-5,10,12-13,15,18,20H,6-9H2,1-2H3/t12-,13+,15+/m1/s1. The maximum atomic E-state index is 12.7. The smallest absolute Gasteiger partial charge is 0.251 e. The number of nitrogens with zero attached hydrogens (tertiary/aromatic N) is 3. The first-order valence-corrected chi connectivity index (χ1v) is 10.3. The van der Waals surface area contributed by atoms with Gasteiger partial charge < -0.3 is 9.88 Å². The molecule has 0 amide bonds. The van der Waals surface area contributed by atoms with E-state index in [0.29, 0.717) is 11.6 Å². The van der Waals surface area contributed by atoms with Crippen LogP contribution in [0, 0.1) is 12.8 Å². The van der Waals surface area contributed by atoms with Crippen LogP contribution < -0.4 is 15.6 Å². The first kappa shape index (κ1) is 17.4. The van der Waals surface area contributed by atoms with Gasteiger partial charge in [-0.2, -0.15) is 5.10 Å². The van der Waals surface area contributed by atoms with Crippen molar-refractivity contribution in [2.45, 2.75) is 30.2 Å². The predicted molar refractivity (Wildman–Crippen MR) is 96.6 cm³/mol. The largest absolute Gasteiger partial charge is 0.316 e. The summed E-state index contributed by atoms with van der Waals surface area (Å²) < 4.78 is 31.4. The summed E-state index contributed by atoms with van der Waals surface area (Å²) in [6.45, 7) is 3.55. The van der Waals surface area contributed by atoms with Crippen molar-refractivity contribution in [3.63, 3.8) is 0 Å². The zero-order chi connectivity index (χ0) is 18.5. The Hall–Kier alpha value is -1.97. The van der Waals surface area contributed by atoms with Gasteiger partial charge in [0.05, 0.1) is 17.9 Å². The summed E-state index contributed by atoms with van der Waals surface area (Å²) in [6.07, 6.45) is 2.33. The highest BCUT2D eigenvalue weighted by Crippen LogP contribution is 2.38. The van der Waals surface area contributed by atoms with E-state index in [2.05, 4.69) is 15.1 Å². The van der Waals surface area contributed by atoms with E-state index < -0.39 is 10.0 Å². The van der Waals surface area contributed by atoms with E-state index in [1.54, 1.807) is 30.7 Å². The van der Waals surface area contributed by atoms with Crippen molar-refractivity contribution in [1.29, 1.82) is 0 Å². The minimum Gasteiger partial charge on any atom is -0.316 e. The molecule has 0 aliphatic carbocycles. The minimum absolute atomic E-state index is 0.0687. The second-order valence-corrected chi connectivity index (χ2v) is 8.88. The van der Waals surface area contributed by atoms with Gasteiger partial charge in [-0.25, -0.2) is 13.1 Å². The lowest BCUT2D eigenvalue weighted by Gasteiger charge is -2.43. The number of fused-ring (bicyclic) bond motifs is 4. The van der Waals surface area contributed by atoms with Crippen LogP contribution >= 0.6 is 0 Å². The molecule has 2 aliphatic rings. The molecule has 9 heteroatoms. The van der Waals surface area contributed by atoms with Gasteiger partial charge in [-0.05, 0) is 25.3 Å². The lowest BCUT2D eigenvalue weighted by atomic mass is 9.79. The number of sulfonamides is 1. The second-order valence-electron chi connectivity index (χ2n) is 7.15. The molecule has 0 spiro atoms. The Labute approximate surface area is 152 Å². The fourth-order valence-corrected chi connectivity index (χ4v) is 5.43. The molecule has 2 aliphatic heterocycles. The molecule has 1 fully saturated rings. The van der Waals surface area contributed by atoms with Crippen molar-refractivity contribution in [2.75, 3.05) is 19.6 Å². The third kappa shape index (κ3) is 2.80. The molecule has 2 bridgehead atoms. The fraction of sp³-hybridized carbons (Fsp3) is 0.529. The van der Waals surface area contributed by atoms with Gasteiger partial charge in [0, 0.05) is 44.4 Å². The van der Waals surface area contributed by atoms with Crippen molar-refractivity contribution in [3.8, 4) is 0 Å². The molecule has 2 aromatic heterocycles. The molecule has 2 aromatic rings. The van der Waals surface area contributed by atoms with E-state index in [-0.39, 0.29) is 29.0 Å². The van der Waals surface area contributed by atoms with Gasteiger partial charge in [0.2, 0.25) is 10.0 Å². The Morgan fingerprint density at radius 3 is 2.88 bits per heavy atom. The quantitative estimate of drug-likeness (QED) is 0.789. The predicted octanol–water partition coefficient (Wildman–Crippen LogP) is 0.117. The molecule has 1 saturated heterocycles. The molecule has 0 saturated carbocycles. The second kappa shape index (κ2) is 6.33. The van der Waals surface area contributed by atoms with Crippen molar-refractivity contribution >= 4 is 10.0 Å². The fourth-order valence-electron chi connectivity index (χ4n) is 4.18. The third-order valence-electron chi connectivity index (χ3n) is 5.66. The molecule has 0 radical (unpaired) electrons. The summed E-state index contributed by atoms with van der Waals surface area (Å²) in [5, 5.41) is 7.42. The highest BCUT2D eigenvalue weighted by Gasteiger charge is 2.38. The molecule has 2 N–H and O–H groups in total. The van der Waals surface area contributed by atoms with Crippen LogP contribution in [0.15, 0.2) is 34.1 Å². The van der Waals surface area contributed by atoms with Crippen LogP contribution in [0.3, 0.4) is 0 Å². The van der Waals surface area contributed by atoms with E-state index in [4.69, 9.17) is 0 Å². The van der Waals surface area contributed by atoms with Crippen LogP contribution in [0.25, 0.3) is 0 Å². The lowest BCUT2D eigenvalue weighted by Crippen LogP contribution is -2.50. The van der Waals surface area contributed by atoms with Gasteiger partial charge in [0.15, 0.2) is 0 Å². The minimum atomic E-state index is -3.68. The number of hydrogen-bond donors (Lipinski definition) is 2. The number of pyridine rings is 1. The lowest BCUT2D eigenvalue weighted by molar-refractivity contribution is 0.196. The van der Waals surface area contributed by atoms with E-state index >= 15 is 0 Å². The van der Waals surface area contributed by atoms with E-state index in [1.165, 1.54) is 10.9 Å². The topological polar surface area (TPSA) is 98.0 Å². The zero-order valence-electron chi connectivity index (χ0n) is 14.8. The van der Waals surface area contributed by atoms with Crippen LogP contribution in [0.1, 0.15) is 29.8 Å². The highest BCUT2D eigenvalue weighted by molar-refractivity contribution is 7.89. The molecular weight excluding hydrogens is 354 g/mol.